The number of nitrogens with one attached hydrogen (secondary N) is 2. The first kappa shape index (κ1) is 37.8. The second kappa shape index (κ2) is 15.1. The van der Waals surface area contributed by atoms with Crippen LogP contribution < -0.4 is 15.4 Å². The van der Waals surface area contributed by atoms with Crippen molar-refractivity contribution in [2.24, 2.45) is 11.8 Å². The largest absolute Gasteiger partial charge is 0.497 e. The molecule has 0 bridgehead atoms. The highest BCUT2D eigenvalue weighted by atomic mass is 35.5. The second-order valence-corrected chi connectivity index (χ2v) is 12.8. The SMILES string of the molecule is COc1ccc(C([C@@H]2C[C@@H](C(=O)N[C@H](C(=O)C(F)(F)F)C(C)C)N(C(=O)[C@H](C)NC(=O)C(F)(F)c3cccc(Cl)c3)C2)S(=O)O)cc1. The Morgan fingerprint density at radius 2 is 1.64 bits per heavy atom. The van der Waals surface area contributed by atoms with Crippen LogP contribution in [0.3, 0.4) is 0 Å². The molecule has 3 amide bonds. The van der Waals surface area contributed by atoms with E-state index in [1.165, 1.54) is 57.4 Å². The molecule has 1 heterocycles. The van der Waals surface area contributed by atoms with Crippen LogP contribution in [0.5, 0.6) is 5.75 Å². The Morgan fingerprint density at radius 3 is 2.15 bits per heavy atom. The summed E-state index contributed by atoms with van der Waals surface area (Å²) in [5, 5.41) is 2.65. The zero-order chi connectivity index (χ0) is 35.4. The number of methoxy groups -OCH3 is 1. The maximum atomic E-state index is 15.0. The summed E-state index contributed by atoms with van der Waals surface area (Å²) >= 11 is 3.18. The predicted molar refractivity (Wildman–Crippen MR) is 161 cm³/mol. The van der Waals surface area contributed by atoms with E-state index in [2.05, 4.69) is 0 Å². The predicted octanol–water partition coefficient (Wildman–Crippen LogP) is 4.40. The van der Waals surface area contributed by atoms with Crippen LogP contribution in [0, 0.1) is 11.8 Å². The number of Topliss-reactive ketones (excluding diaryl/α,β-unsaturated/α-hetero) is 1. The lowest BCUT2D eigenvalue weighted by molar-refractivity contribution is -0.175. The second-order valence-electron chi connectivity index (χ2n) is 11.3. The third kappa shape index (κ3) is 8.84. The van der Waals surface area contributed by atoms with Gasteiger partial charge >= 0.3 is 12.1 Å². The lowest BCUT2D eigenvalue weighted by Crippen LogP contribution is -2.57. The fraction of sp³-hybridized carbons (Fsp3) is 0.467. The number of alkyl halides is 5. The molecule has 0 radical (unpaired) electrons. The monoisotopic (exact) mass is 709 g/mol. The van der Waals surface area contributed by atoms with Gasteiger partial charge in [0.05, 0.1) is 18.4 Å². The van der Waals surface area contributed by atoms with E-state index in [9.17, 15) is 49.9 Å². The molecule has 17 heteroatoms. The van der Waals surface area contributed by atoms with Crippen LogP contribution in [-0.4, -0.2) is 75.1 Å². The van der Waals surface area contributed by atoms with Gasteiger partial charge < -0.3 is 24.8 Å². The molecule has 2 aromatic carbocycles. The van der Waals surface area contributed by atoms with Gasteiger partial charge in [-0.05, 0) is 55.0 Å². The maximum absolute atomic E-state index is 15.0. The lowest BCUT2D eigenvalue weighted by atomic mass is 9.95. The van der Waals surface area contributed by atoms with E-state index in [0.29, 0.717) is 11.3 Å². The van der Waals surface area contributed by atoms with Gasteiger partial charge in [-0.15, -0.1) is 0 Å². The van der Waals surface area contributed by atoms with Crippen molar-refractivity contribution >= 4 is 46.2 Å². The molecule has 6 atom stereocenters. The summed E-state index contributed by atoms with van der Waals surface area (Å²) in [7, 11) is 1.40. The summed E-state index contributed by atoms with van der Waals surface area (Å²) in [6.07, 6.45) is -5.65. The molecule has 0 saturated carbocycles. The number of halogens is 6. The fourth-order valence-electron chi connectivity index (χ4n) is 5.30. The van der Waals surface area contributed by atoms with Gasteiger partial charge in [-0.2, -0.15) is 22.0 Å². The number of rotatable bonds is 12. The normalized spacial score (nSPS) is 19.4. The van der Waals surface area contributed by atoms with Gasteiger partial charge in [-0.25, -0.2) is 4.21 Å². The third-order valence-electron chi connectivity index (χ3n) is 7.73. The van der Waals surface area contributed by atoms with Gasteiger partial charge in [-0.3, -0.25) is 19.2 Å². The molecule has 1 aliphatic rings. The van der Waals surface area contributed by atoms with Crippen molar-refractivity contribution in [3.05, 3.63) is 64.7 Å². The van der Waals surface area contributed by atoms with E-state index < -0.39 is 94.0 Å². The Hall–Kier alpha value is -3.63. The van der Waals surface area contributed by atoms with Gasteiger partial charge in [0.25, 0.3) is 11.7 Å². The number of ketones is 1. The molecular formula is C30H33ClF5N3O7S. The van der Waals surface area contributed by atoms with Crippen LogP contribution in [0.15, 0.2) is 48.5 Å². The van der Waals surface area contributed by atoms with Crippen LogP contribution in [-0.2, 0) is 36.2 Å². The van der Waals surface area contributed by atoms with E-state index in [4.69, 9.17) is 16.3 Å². The van der Waals surface area contributed by atoms with Crippen LogP contribution in [0.4, 0.5) is 22.0 Å². The smallest absolute Gasteiger partial charge is 0.452 e. The van der Waals surface area contributed by atoms with Crippen molar-refractivity contribution in [2.45, 2.75) is 62.7 Å². The standard InChI is InChI=1S/C30H33ClF5N3O7S/c1-15(2)23(25(40)30(34,35)36)38-26(41)22-12-18(24(47(44)45)17-8-10-21(46-4)11-9-17)14-39(22)27(42)16(3)37-28(43)29(32,33)19-6-5-7-20(31)13-19/h5-11,13,15-16,18,22-24H,12,14H2,1-4H3,(H,37,43)(H,38,41)(H,44,45)/t16-,18+,22-,23-,24?/m0/s1. The van der Waals surface area contributed by atoms with Crippen molar-refractivity contribution in [1.82, 2.24) is 15.5 Å². The third-order valence-corrected chi connectivity index (χ3v) is 9.05. The quantitative estimate of drug-likeness (QED) is 0.219. The number of carbonyl (C=O) groups excluding carboxylic acids is 4. The molecule has 0 aromatic heterocycles. The number of amides is 3. The number of nitrogens with zero attached hydrogens (tertiary/aromatic N) is 1. The van der Waals surface area contributed by atoms with Crippen molar-refractivity contribution < 1.29 is 54.6 Å². The number of benzene rings is 2. The Morgan fingerprint density at radius 1 is 1.02 bits per heavy atom. The number of ether oxygens (including phenoxy) is 1. The summed E-state index contributed by atoms with van der Waals surface area (Å²) in [5.74, 6) is -12.1. The van der Waals surface area contributed by atoms with Crippen LogP contribution in [0.25, 0.3) is 0 Å². The minimum atomic E-state index is -5.30. The molecule has 47 heavy (non-hydrogen) atoms. The molecule has 1 fully saturated rings. The first-order chi connectivity index (χ1) is 21.8. The van der Waals surface area contributed by atoms with Gasteiger partial charge in [-0.1, -0.05) is 49.7 Å². The molecule has 10 nitrogen and oxygen atoms in total. The molecule has 0 spiro atoms. The van der Waals surface area contributed by atoms with Gasteiger partial charge in [0, 0.05) is 17.1 Å². The first-order valence-electron chi connectivity index (χ1n) is 14.2. The molecule has 258 valence electrons. The van der Waals surface area contributed by atoms with E-state index in [-0.39, 0.29) is 11.4 Å². The zero-order valence-corrected chi connectivity index (χ0v) is 27.1. The Labute approximate surface area is 274 Å². The average Bonchev–Trinajstić information content (AvgIpc) is 3.43. The zero-order valence-electron chi connectivity index (χ0n) is 25.5. The number of likely N-dealkylation sites (tertiary alicyclic amines) is 1. The number of carbonyl (C=O) groups is 4. The van der Waals surface area contributed by atoms with Crippen molar-refractivity contribution in [1.29, 1.82) is 0 Å². The van der Waals surface area contributed by atoms with Crippen LogP contribution >= 0.6 is 11.6 Å². The van der Waals surface area contributed by atoms with E-state index in [1.54, 1.807) is 0 Å². The Bertz CT molecular complexity index is 1510. The number of hydrogen-bond acceptors (Lipinski definition) is 6. The summed E-state index contributed by atoms with van der Waals surface area (Å²) in [4.78, 5) is 52.7. The lowest BCUT2D eigenvalue weighted by Gasteiger charge is -2.30. The van der Waals surface area contributed by atoms with Gasteiger partial charge in [0.1, 0.15) is 17.8 Å². The average molecular weight is 710 g/mol. The minimum absolute atomic E-state index is 0.0764. The van der Waals surface area contributed by atoms with E-state index >= 15 is 0 Å². The molecule has 3 N–H and O–H groups in total. The van der Waals surface area contributed by atoms with Crippen molar-refractivity contribution in [3.63, 3.8) is 0 Å². The maximum Gasteiger partial charge on any atom is 0.452 e. The highest BCUT2D eigenvalue weighted by molar-refractivity contribution is 7.79. The van der Waals surface area contributed by atoms with Crippen LogP contribution in [0.1, 0.15) is 43.6 Å². The molecule has 3 rings (SSSR count). The van der Waals surface area contributed by atoms with Crippen LogP contribution in [0.2, 0.25) is 5.02 Å². The Balaban J connectivity index is 1.95. The first-order valence-corrected chi connectivity index (χ1v) is 15.7. The summed E-state index contributed by atoms with van der Waals surface area (Å²) in [6.45, 7) is 3.17. The summed E-state index contributed by atoms with van der Waals surface area (Å²) in [6, 6.07) is 4.96. The van der Waals surface area contributed by atoms with E-state index in [0.717, 1.165) is 24.0 Å². The highest BCUT2D eigenvalue weighted by Crippen LogP contribution is 2.38. The van der Waals surface area contributed by atoms with Gasteiger partial charge in [0.15, 0.2) is 11.1 Å². The molecular weight excluding hydrogens is 677 g/mol. The molecule has 0 aliphatic carbocycles. The number of hydrogen-bond donors (Lipinski definition) is 3. The molecule has 1 saturated heterocycles. The molecule has 1 aliphatic heterocycles. The van der Waals surface area contributed by atoms with Gasteiger partial charge in [0.2, 0.25) is 11.8 Å². The molecule has 2 unspecified atom stereocenters. The summed E-state index contributed by atoms with van der Waals surface area (Å²) < 4.78 is 97.8. The molecule has 2 aromatic rings. The van der Waals surface area contributed by atoms with E-state index in [1.807, 2.05) is 10.6 Å². The highest BCUT2D eigenvalue weighted by Gasteiger charge is 2.50. The topological polar surface area (TPSA) is 142 Å². The minimum Gasteiger partial charge on any atom is -0.497 e. The fourth-order valence-corrected chi connectivity index (χ4v) is 6.41. The Kier molecular flexibility index (Phi) is 12.1. The summed E-state index contributed by atoms with van der Waals surface area (Å²) in [5.41, 5.74) is -0.456. The van der Waals surface area contributed by atoms with Crippen molar-refractivity contribution in [3.8, 4) is 5.75 Å². The van der Waals surface area contributed by atoms with Crippen molar-refractivity contribution in [2.75, 3.05) is 13.7 Å².